The highest BCUT2D eigenvalue weighted by Crippen LogP contribution is 2.36. The molecular weight excluding hydrogens is 488 g/mol. The first kappa shape index (κ1) is 26.9. The molecule has 2 fully saturated rings. The zero-order valence-corrected chi connectivity index (χ0v) is 21.4. The first-order chi connectivity index (χ1) is 18.8. The SMILES string of the molecule is CO[C@H]1O[C@@H]2CO[C@@H](c3ccccc3)O[C@H]2[C@@H](OCOCc2ccccc2)[C@@H]1OCOCc1ccccc1. The van der Waals surface area contributed by atoms with Crippen LogP contribution in [0.5, 0.6) is 0 Å². The van der Waals surface area contributed by atoms with E-state index in [0.717, 1.165) is 16.7 Å². The summed E-state index contributed by atoms with van der Waals surface area (Å²) in [6.45, 7) is 1.25. The van der Waals surface area contributed by atoms with Gasteiger partial charge < -0.3 is 37.9 Å². The number of benzene rings is 3. The molecule has 3 aromatic rings. The molecule has 202 valence electrons. The van der Waals surface area contributed by atoms with Crippen LogP contribution >= 0.6 is 0 Å². The average Bonchev–Trinajstić information content (AvgIpc) is 2.99. The van der Waals surface area contributed by atoms with Crippen molar-refractivity contribution in [1.82, 2.24) is 0 Å². The van der Waals surface area contributed by atoms with Gasteiger partial charge in [0.15, 0.2) is 12.6 Å². The molecule has 0 spiro atoms. The van der Waals surface area contributed by atoms with E-state index in [4.69, 9.17) is 37.9 Å². The summed E-state index contributed by atoms with van der Waals surface area (Å²) in [5.74, 6) is 0. The van der Waals surface area contributed by atoms with Crippen molar-refractivity contribution in [2.45, 2.75) is 50.2 Å². The molecule has 2 heterocycles. The van der Waals surface area contributed by atoms with Crippen LogP contribution in [0, 0.1) is 0 Å². The van der Waals surface area contributed by atoms with Crippen molar-refractivity contribution < 1.29 is 37.9 Å². The minimum atomic E-state index is -0.698. The summed E-state index contributed by atoms with van der Waals surface area (Å²) < 4.78 is 48.3. The highest BCUT2D eigenvalue weighted by Gasteiger charge is 2.51. The Kier molecular flexibility index (Phi) is 9.87. The molecule has 0 bridgehead atoms. The summed E-state index contributed by atoms with van der Waals surface area (Å²) in [5, 5.41) is 0. The van der Waals surface area contributed by atoms with E-state index in [-0.39, 0.29) is 13.6 Å². The van der Waals surface area contributed by atoms with E-state index in [1.54, 1.807) is 7.11 Å². The Bertz CT molecular complexity index is 1070. The van der Waals surface area contributed by atoms with Crippen LogP contribution in [-0.4, -0.2) is 58.0 Å². The first-order valence-electron chi connectivity index (χ1n) is 12.8. The first-order valence-corrected chi connectivity index (χ1v) is 12.8. The number of hydrogen-bond acceptors (Lipinski definition) is 8. The lowest BCUT2D eigenvalue weighted by molar-refractivity contribution is -0.377. The maximum Gasteiger partial charge on any atom is 0.186 e. The maximum absolute atomic E-state index is 6.40. The zero-order valence-electron chi connectivity index (χ0n) is 21.4. The van der Waals surface area contributed by atoms with Gasteiger partial charge >= 0.3 is 0 Å². The normalized spacial score (nSPS) is 27.1. The van der Waals surface area contributed by atoms with E-state index in [1.165, 1.54) is 0 Å². The van der Waals surface area contributed by atoms with Crippen LogP contribution in [0.1, 0.15) is 23.0 Å². The summed E-state index contributed by atoms with van der Waals surface area (Å²) in [4.78, 5) is 0. The lowest BCUT2D eigenvalue weighted by Gasteiger charge is -2.48. The Balaban J connectivity index is 1.26. The number of fused-ring (bicyclic) bond motifs is 1. The molecule has 2 aliphatic rings. The highest BCUT2D eigenvalue weighted by atomic mass is 16.8. The molecule has 3 aromatic carbocycles. The van der Waals surface area contributed by atoms with Gasteiger partial charge in [-0.2, -0.15) is 0 Å². The monoisotopic (exact) mass is 522 g/mol. The van der Waals surface area contributed by atoms with Crippen LogP contribution in [0.15, 0.2) is 91.0 Å². The molecule has 38 heavy (non-hydrogen) atoms. The van der Waals surface area contributed by atoms with Crippen molar-refractivity contribution >= 4 is 0 Å². The molecular formula is C30H34O8. The van der Waals surface area contributed by atoms with Gasteiger partial charge in [-0.3, -0.25) is 0 Å². The molecule has 0 amide bonds. The fourth-order valence-corrected chi connectivity index (χ4v) is 4.60. The fourth-order valence-electron chi connectivity index (χ4n) is 4.60. The molecule has 2 aliphatic heterocycles. The minimum Gasteiger partial charge on any atom is -0.353 e. The minimum absolute atomic E-state index is 0.0313. The maximum atomic E-state index is 6.40. The van der Waals surface area contributed by atoms with Gasteiger partial charge in [-0.25, -0.2) is 0 Å². The standard InChI is InChI=1S/C30H34O8/c1-31-30-28(36-21-33-18-23-13-7-3-8-14-23)27(35-20-32-17-22-11-5-2-6-12-22)26-25(37-30)19-34-29(38-26)24-15-9-4-10-16-24/h2-16,25-30H,17-21H2,1H3/t25-,26-,27-,28+,29-,30+/m1/s1. The molecule has 5 rings (SSSR count). The average molecular weight is 523 g/mol. The van der Waals surface area contributed by atoms with E-state index >= 15 is 0 Å². The largest absolute Gasteiger partial charge is 0.353 e. The van der Waals surface area contributed by atoms with Crippen LogP contribution in [0.2, 0.25) is 0 Å². The van der Waals surface area contributed by atoms with E-state index < -0.39 is 37.0 Å². The van der Waals surface area contributed by atoms with E-state index in [0.29, 0.717) is 19.8 Å². The molecule has 0 N–H and O–H groups in total. The van der Waals surface area contributed by atoms with Crippen LogP contribution in [0.25, 0.3) is 0 Å². The Morgan fingerprint density at radius 3 is 1.82 bits per heavy atom. The van der Waals surface area contributed by atoms with Gasteiger partial charge in [0.05, 0.1) is 19.8 Å². The summed E-state index contributed by atoms with van der Waals surface area (Å²) >= 11 is 0. The van der Waals surface area contributed by atoms with Gasteiger partial charge in [0.25, 0.3) is 0 Å². The van der Waals surface area contributed by atoms with E-state index in [1.807, 2.05) is 91.0 Å². The van der Waals surface area contributed by atoms with Crippen molar-refractivity contribution in [2.75, 3.05) is 27.3 Å². The summed E-state index contributed by atoms with van der Waals surface area (Å²) in [7, 11) is 1.58. The third-order valence-electron chi connectivity index (χ3n) is 6.50. The lowest BCUT2D eigenvalue weighted by atomic mass is 9.97. The van der Waals surface area contributed by atoms with Gasteiger partial charge in [-0.1, -0.05) is 91.0 Å². The summed E-state index contributed by atoms with van der Waals surface area (Å²) in [6, 6.07) is 29.7. The van der Waals surface area contributed by atoms with Crippen LogP contribution in [-0.2, 0) is 51.1 Å². The number of methoxy groups -OCH3 is 1. The molecule has 2 saturated heterocycles. The third kappa shape index (κ3) is 7.05. The molecule has 8 nitrogen and oxygen atoms in total. The van der Waals surface area contributed by atoms with Crippen LogP contribution in [0.3, 0.4) is 0 Å². The summed E-state index contributed by atoms with van der Waals surface area (Å²) in [6.07, 6.45) is -3.29. The quantitative estimate of drug-likeness (QED) is 0.253. The second-order valence-electron chi connectivity index (χ2n) is 9.12. The van der Waals surface area contributed by atoms with Crippen LogP contribution < -0.4 is 0 Å². The lowest BCUT2D eigenvalue weighted by Crippen LogP contribution is -2.63. The van der Waals surface area contributed by atoms with Gasteiger partial charge in [0.1, 0.15) is 38.0 Å². The smallest absolute Gasteiger partial charge is 0.186 e. The Hall–Kier alpha value is -2.66. The second-order valence-corrected chi connectivity index (χ2v) is 9.12. The van der Waals surface area contributed by atoms with Gasteiger partial charge in [-0.15, -0.1) is 0 Å². The van der Waals surface area contributed by atoms with Gasteiger partial charge in [-0.05, 0) is 11.1 Å². The molecule has 0 unspecified atom stereocenters. The Morgan fingerprint density at radius 2 is 1.24 bits per heavy atom. The predicted molar refractivity (Wildman–Crippen MR) is 138 cm³/mol. The van der Waals surface area contributed by atoms with Crippen molar-refractivity contribution in [3.8, 4) is 0 Å². The zero-order chi connectivity index (χ0) is 26.0. The van der Waals surface area contributed by atoms with E-state index in [2.05, 4.69) is 0 Å². The molecule has 8 heteroatoms. The number of ether oxygens (including phenoxy) is 8. The third-order valence-corrected chi connectivity index (χ3v) is 6.50. The number of hydrogen-bond donors (Lipinski definition) is 0. The van der Waals surface area contributed by atoms with Gasteiger partial charge in [0.2, 0.25) is 0 Å². The highest BCUT2D eigenvalue weighted by molar-refractivity contribution is 5.17. The summed E-state index contributed by atoms with van der Waals surface area (Å²) in [5.41, 5.74) is 3.03. The molecule has 0 radical (unpaired) electrons. The molecule has 0 saturated carbocycles. The Morgan fingerprint density at radius 1 is 0.684 bits per heavy atom. The van der Waals surface area contributed by atoms with Crippen molar-refractivity contribution in [2.24, 2.45) is 0 Å². The van der Waals surface area contributed by atoms with Crippen molar-refractivity contribution in [1.29, 1.82) is 0 Å². The predicted octanol–water partition coefficient (Wildman–Crippen LogP) is 4.59. The second kappa shape index (κ2) is 13.9. The Labute approximate surface area is 223 Å². The topological polar surface area (TPSA) is 73.8 Å². The van der Waals surface area contributed by atoms with Crippen molar-refractivity contribution in [3.63, 3.8) is 0 Å². The van der Waals surface area contributed by atoms with Crippen molar-refractivity contribution in [3.05, 3.63) is 108 Å². The fraction of sp³-hybridized carbons (Fsp3) is 0.400. The molecule has 0 aromatic heterocycles. The van der Waals surface area contributed by atoms with E-state index in [9.17, 15) is 0 Å². The van der Waals surface area contributed by atoms with Crippen LogP contribution in [0.4, 0.5) is 0 Å². The molecule has 6 atom stereocenters. The molecule has 0 aliphatic carbocycles. The van der Waals surface area contributed by atoms with Gasteiger partial charge in [0, 0.05) is 12.7 Å². The number of rotatable bonds is 12.